The molecule has 1 fully saturated rings. The molecule has 0 spiro atoms. The summed E-state index contributed by atoms with van der Waals surface area (Å²) in [6, 6.07) is 5.69. The number of carbonyl (C=O) groups excluding carboxylic acids is 1. The summed E-state index contributed by atoms with van der Waals surface area (Å²) in [5.74, 6) is 0.835. The van der Waals surface area contributed by atoms with Crippen molar-refractivity contribution in [2.45, 2.75) is 25.7 Å². The molecule has 0 aromatic carbocycles. The van der Waals surface area contributed by atoms with Crippen molar-refractivity contribution in [3.8, 4) is 0 Å². The van der Waals surface area contributed by atoms with E-state index in [1.54, 1.807) is 23.1 Å². The lowest BCUT2D eigenvalue weighted by molar-refractivity contribution is 0.0785. The number of amides is 1. The van der Waals surface area contributed by atoms with Gasteiger partial charge in [0.25, 0.3) is 5.91 Å². The Hall–Kier alpha value is -2.10. The minimum Gasteiger partial charge on any atom is -0.357 e. The second-order valence-electron chi connectivity index (χ2n) is 5.57. The molecular weight excluding hydrogens is 274 g/mol. The Labute approximate surface area is 133 Å². The number of rotatable bonds is 6. The Morgan fingerprint density at radius 2 is 1.77 bits per heavy atom. The van der Waals surface area contributed by atoms with Gasteiger partial charge < -0.3 is 9.80 Å². The van der Waals surface area contributed by atoms with E-state index in [0.717, 1.165) is 18.9 Å². The van der Waals surface area contributed by atoms with E-state index < -0.39 is 0 Å². The van der Waals surface area contributed by atoms with Crippen LogP contribution in [0.15, 0.2) is 43.5 Å². The van der Waals surface area contributed by atoms with Gasteiger partial charge in [-0.3, -0.25) is 4.79 Å². The monoisotopic (exact) mass is 299 g/mol. The van der Waals surface area contributed by atoms with Crippen LogP contribution < -0.4 is 4.90 Å². The number of hydrogen-bond acceptors (Lipinski definition) is 3. The van der Waals surface area contributed by atoms with Gasteiger partial charge in [0.2, 0.25) is 0 Å². The first-order valence-electron chi connectivity index (χ1n) is 7.99. The third kappa shape index (κ3) is 4.20. The van der Waals surface area contributed by atoms with Crippen LogP contribution >= 0.6 is 0 Å². The molecule has 118 valence electrons. The summed E-state index contributed by atoms with van der Waals surface area (Å²) >= 11 is 0. The highest BCUT2D eigenvalue weighted by atomic mass is 16.2. The highest BCUT2D eigenvalue weighted by Crippen LogP contribution is 2.18. The summed E-state index contributed by atoms with van der Waals surface area (Å²) in [5.41, 5.74) is 0.491. The molecule has 1 saturated heterocycles. The van der Waals surface area contributed by atoms with Gasteiger partial charge in [0.15, 0.2) is 0 Å². The summed E-state index contributed by atoms with van der Waals surface area (Å²) in [7, 11) is 0. The van der Waals surface area contributed by atoms with Gasteiger partial charge in [0.1, 0.15) is 11.5 Å². The third-order valence-corrected chi connectivity index (χ3v) is 3.87. The van der Waals surface area contributed by atoms with E-state index in [1.807, 2.05) is 12.1 Å². The summed E-state index contributed by atoms with van der Waals surface area (Å²) in [6.45, 7) is 10.5. The SMILES string of the molecule is C=CCN(CC=C)C(=O)c1cccc(N2CCCCCC2)n1. The van der Waals surface area contributed by atoms with Crippen molar-refractivity contribution in [2.75, 3.05) is 31.1 Å². The van der Waals surface area contributed by atoms with E-state index in [2.05, 4.69) is 23.0 Å². The Kier molecular flexibility index (Phi) is 6.19. The van der Waals surface area contributed by atoms with E-state index in [4.69, 9.17) is 0 Å². The van der Waals surface area contributed by atoms with E-state index in [-0.39, 0.29) is 5.91 Å². The van der Waals surface area contributed by atoms with E-state index in [0.29, 0.717) is 18.8 Å². The first-order valence-corrected chi connectivity index (χ1v) is 7.99. The van der Waals surface area contributed by atoms with E-state index in [9.17, 15) is 4.79 Å². The number of anilines is 1. The second-order valence-corrected chi connectivity index (χ2v) is 5.57. The normalized spacial score (nSPS) is 15.0. The number of hydrogen-bond donors (Lipinski definition) is 0. The van der Waals surface area contributed by atoms with Crippen LogP contribution in [0.25, 0.3) is 0 Å². The average Bonchev–Trinajstić information content (AvgIpc) is 2.83. The topological polar surface area (TPSA) is 36.4 Å². The Morgan fingerprint density at radius 1 is 1.14 bits per heavy atom. The maximum Gasteiger partial charge on any atom is 0.273 e. The zero-order valence-corrected chi connectivity index (χ0v) is 13.2. The van der Waals surface area contributed by atoms with Crippen molar-refractivity contribution in [3.05, 3.63) is 49.2 Å². The molecule has 1 aliphatic rings. The summed E-state index contributed by atoms with van der Waals surface area (Å²) in [5, 5.41) is 0. The van der Waals surface area contributed by atoms with Crippen molar-refractivity contribution in [2.24, 2.45) is 0 Å². The van der Waals surface area contributed by atoms with Crippen LogP contribution in [0.5, 0.6) is 0 Å². The van der Waals surface area contributed by atoms with Gasteiger partial charge in [-0.05, 0) is 25.0 Å². The fourth-order valence-electron chi connectivity index (χ4n) is 2.73. The number of carbonyl (C=O) groups is 1. The first kappa shape index (κ1) is 16.3. The second kappa shape index (κ2) is 8.37. The summed E-state index contributed by atoms with van der Waals surface area (Å²) in [4.78, 5) is 21.1. The molecule has 22 heavy (non-hydrogen) atoms. The maximum atomic E-state index is 12.6. The maximum absolute atomic E-state index is 12.6. The largest absolute Gasteiger partial charge is 0.357 e. The van der Waals surface area contributed by atoms with Gasteiger partial charge in [-0.1, -0.05) is 31.1 Å². The van der Waals surface area contributed by atoms with Crippen molar-refractivity contribution in [3.63, 3.8) is 0 Å². The molecule has 0 aliphatic carbocycles. The molecule has 0 bridgehead atoms. The van der Waals surface area contributed by atoms with Crippen LogP contribution in [-0.4, -0.2) is 42.0 Å². The zero-order valence-electron chi connectivity index (χ0n) is 13.2. The van der Waals surface area contributed by atoms with Crippen LogP contribution in [0.2, 0.25) is 0 Å². The molecule has 0 radical (unpaired) electrons. The highest BCUT2D eigenvalue weighted by molar-refractivity contribution is 5.92. The molecule has 2 rings (SSSR count). The lowest BCUT2D eigenvalue weighted by Gasteiger charge is -2.23. The summed E-state index contributed by atoms with van der Waals surface area (Å²) < 4.78 is 0. The smallest absolute Gasteiger partial charge is 0.273 e. The van der Waals surface area contributed by atoms with Crippen LogP contribution in [0.4, 0.5) is 5.82 Å². The van der Waals surface area contributed by atoms with Crippen molar-refractivity contribution >= 4 is 11.7 Å². The van der Waals surface area contributed by atoms with Gasteiger partial charge in [-0.25, -0.2) is 4.98 Å². The predicted octanol–water partition coefficient (Wildman–Crippen LogP) is 3.28. The lowest BCUT2D eigenvalue weighted by Crippen LogP contribution is -2.32. The molecule has 4 nitrogen and oxygen atoms in total. The van der Waals surface area contributed by atoms with Gasteiger partial charge in [-0.2, -0.15) is 0 Å². The number of aromatic nitrogens is 1. The molecule has 0 N–H and O–H groups in total. The molecule has 4 heteroatoms. The minimum atomic E-state index is -0.0727. The van der Waals surface area contributed by atoms with Gasteiger partial charge >= 0.3 is 0 Å². The quantitative estimate of drug-likeness (QED) is 0.756. The Morgan fingerprint density at radius 3 is 2.36 bits per heavy atom. The van der Waals surface area contributed by atoms with Crippen LogP contribution in [0.1, 0.15) is 36.2 Å². The number of pyridine rings is 1. The molecular formula is C18H25N3O. The predicted molar refractivity (Wildman–Crippen MR) is 91.2 cm³/mol. The fourth-order valence-corrected chi connectivity index (χ4v) is 2.73. The molecule has 2 heterocycles. The molecule has 1 aliphatic heterocycles. The van der Waals surface area contributed by atoms with Crippen LogP contribution in [0.3, 0.4) is 0 Å². The van der Waals surface area contributed by atoms with Crippen LogP contribution in [-0.2, 0) is 0 Å². The van der Waals surface area contributed by atoms with Crippen molar-refractivity contribution in [1.29, 1.82) is 0 Å². The Bertz CT molecular complexity index is 509. The van der Waals surface area contributed by atoms with Crippen LogP contribution in [0, 0.1) is 0 Å². The first-order chi connectivity index (χ1) is 10.8. The van der Waals surface area contributed by atoms with Gasteiger partial charge in [0, 0.05) is 26.2 Å². The Balaban J connectivity index is 2.17. The molecule has 1 aromatic heterocycles. The standard InChI is InChI=1S/C18H25N3O/c1-3-12-21(13-4-2)18(22)16-10-9-11-17(19-16)20-14-7-5-6-8-15-20/h3-4,9-11H,1-2,5-8,12-15H2. The van der Waals surface area contributed by atoms with E-state index in [1.165, 1.54) is 25.7 Å². The third-order valence-electron chi connectivity index (χ3n) is 3.87. The minimum absolute atomic E-state index is 0.0727. The summed E-state index contributed by atoms with van der Waals surface area (Å²) in [6.07, 6.45) is 8.39. The molecule has 0 unspecified atom stereocenters. The highest BCUT2D eigenvalue weighted by Gasteiger charge is 2.17. The van der Waals surface area contributed by atoms with Gasteiger partial charge in [-0.15, -0.1) is 13.2 Å². The van der Waals surface area contributed by atoms with Gasteiger partial charge in [0.05, 0.1) is 0 Å². The average molecular weight is 299 g/mol. The molecule has 1 amide bonds. The van der Waals surface area contributed by atoms with Crippen molar-refractivity contribution < 1.29 is 4.79 Å². The zero-order chi connectivity index (χ0) is 15.8. The number of nitrogens with zero attached hydrogens (tertiary/aromatic N) is 3. The fraction of sp³-hybridized carbons (Fsp3) is 0.444. The van der Waals surface area contributed by atoms with Crippen molar-refractivity contribution in [1.82, 2.24) is 9.88 Å². The molecule has 0 saturated carbocycles. The van der Waals surface area contributed by atoms with E-state index >= 15 is 0 Å². The molecule has 0 atom stereocenters. The molecule has 1 aromatic rings. The lowest BCUT2D eigenvalue weighted by atomic mass is 10.2.